The van der Waals surface area contributed by atoms with Gasteiger partial charge in [0.2, 0.25) is 0 Å². The zero-order valence-corrected chi connectivity index (χ0v) is 11.4. The molecular weight excluding hydrogens is 229 g/mol. The molecule has 0 aromatic carbocycles. The second-order valence-electron chi connectivity index (χ2n) is 4.55. The van der Waals surface area contributed by atoms with E-state index >= 15 is 0 Å². The number of hydrogen-bond acceptors (Lipinski definition) is 0. The van der Waals surface area contributed by atoms with Crippen molar-refractivity contribution in [1.82, 2.24) is 0 Å². The van der Waals surface area contributed by atoms with E-state index in [0.717, 1.165) is 19.3 Å². The molecule has 0 aromatic heterocycles. The van der Waals surface area contributed by atoms with E-state index in [2.05, 4.69) is 6.92 Å². The predicted octanol–water partition coefficient (Wildman–Crippen LogP) is 5.75. The Morgan fingerprint density at radius 1 is 0.625 bits per heavy atom. The summed E-state index contributed by atoms with van der Waals surface area (Å²) < 4.78 is 35.8. The Morgan fingerprint density at radius 3 is 1.38 bits per heavy atom. The van der Waals surface area contributed by atoms with Crippen molar-refractivity contribution in [2.24, 2.45) is 0 Å². The predicted molar refractivity (Wildman–Crippen MR) is 65.7 cm³/mol. The van der Waals surface area contributed by atoms with Crippen LogP contribution in [0, 0.1) is 0 Å². The Balaban J connectivity index is 2.99. The molecule has 0 saturated carbocycles. The Morgan fingerprint density at radius 2 is 1.00 bits per heavy atom. The smallest absolute Gasteiger partial charge is 0.238 e. The van der Waals surface area contributed by atoms with Crippen molar-refractivity contribution in [3.8, 4) is 0 Å². The van der Waals surface area contributed by atoms with E-state index in [4.69, 9.17) is 0 Å². The van der Waals surface area contributed by atoms with Gasteiger partial charge in [-0.1, -0.05) is 64.7 Å². The number of rotatable bonds is 11. The van der Waals surface area contributed by atoms with E-state index in [1.54, 1.807) is 0 Å². The van der Waals surface area contributed by atoms with Gasteiger partial charge in [-0.3, -0.25) is 0 Å². The molecule has 0 saturated heterocycles. The maximum atomic E-state index is 11.9. The summed E-state index contributed by atoms with van der Waals surface area (Å²) in [6.07, 6.45) is 10.9. The molecule has 0 rings (SSSR count). The second kappa shape index (κ2) is 10.2. The summed E-state index contributed by atoms with van der Waals surface area (Å²) in [7, 11) is -5.25. The lowest BCUT2D eigenvalue weighted by molar-refractivity contribution is 0.458. The molecule has 0 nitrogen and oxygen atoms in total. The van der Waals surface area contributed by atoms with Crippen LogP contribution in [0.25, 0.3) is 0 Å². The standard InChI is InChI=1S/C12H25F3Si/c1-2-3-4-5-6-7-8-9-10-11-12-16(13,14)15/h2-12H2,1H3. The SMILES string of the molecule is CCCCCCCCCCCC[Si](F)(F)F. The van der Waals surface area contributed by atoms with Crippen LogP contribution in [0.15, 0.2) is 0 Å². The van der Waals surface area contributed by atoms with Gasteiger partial charge in [0.1, 0.15) is 0 Å². The molecule has 0 heterocycles. The van der Waals surface area contributed by atoms with Gasteiger partial charge < -0.3 is 0 Å². The second-order valence-corrected chi connectivity index (χ2v) is 6.28. The highest BCUT2D eigenvalue weighted by atomic mass is 28.5. The van der Waals surface area contributed by atoms with Gasteiger partial charge in [0.25, 0.3) is 0 Å². The van der Waals surface area contributed by atoms with E-state index in [9.17, 15) is 12.3 Å². The summed E-state index contributed by atoms with van der Waals surface area (Å²) in [5.41, 5.74) is 0. The van der Waals surface area contributed by atoms with Crippen molar-refractivity contribution in [1.29, 1.82) is 0 Å². The van der Waals surface area contributed by atoms with Crippen LogP contribution in [-0.4, -0.2) is 9.08 Å². The lowest BCUT2D eigenvalue weighted by Gasteiger charge is -2.03. The summed E-state index contributed by atoms with van der Waals surface area (Å²) in [6, 6.07) is -0.469. The van der Waals surface area contributed by atoms with Gasteiger partial charge in [-0.05, 0) is 6.42 Å². The molecule has 0 aromatic rings. The third-order valence-corrected chi connectivity index (χ3v) is 3.73. The number of unbranched alkanes of at least 4 members (excludes halogenated alkanes) is 9. The molecule has 0 aliphatic rings. The summed E-state index contributed by atoms with van der Waals surface area (Å²) in [4.78, 5) is 0. The third-order valence-electron chi connectivity index (χ3n) is 2.81. The molecule has 98 valence electrons. The fourth-order valence-electron chi connectivity index (χ4n) is 1.81. The molecule has 0 fully saturated rings. The van der Waals surface area contributed by atoms with Gasteiger partial charge in [-0.2, -0.15) is 0 Å². The van der Waals surface area contributed by atoms with Crippen LogP contribution in [-0.2, 0) is 0 Å². The topological polar surface area (TPSA) is 0 Å². The minimum absolute atomic E-state index is 0.367. The van der Waals surface area contributed by atoms with Gasteiger partial charge in [0, 0.05) is 6.04 Å². The first-order chi connectivity index (χ1) is 7.56. The van der Waals surface area contributed by atoms with Crippen LogP contribution in [0.5, 0.6) is 0 Å². The molecule has 0 bridgehead atoms. The molecule has 0 spiro atoms. The molecule has 0 atom stereocenters. The van der Waals surface area contributed by atoms with Crippen LogP contribution >= 0.6 is 0 Å². The normalized spacial score (nSPS) is 12.0. The zero-order chi connectivity index (χ0) is 12.3. The first-order valence-corrected chi connectivity index (χ1v) is 8.47. The van der Waals surface area contributed by atoms with Crippen molar-refractivity contribution in [2.45, 2.75) is 77.2 Å². The molecule has 0 unspecified atom stereocenters. The van der Waals surface area contributed by atoms with Gasteiger partial charge in [-0.15, -0.1) is 0 Å². The van der Waals surface area contributed by atoms with Gasteiger partial charge in [0.05, 0.1) is 0 Å². The Hall–Kier alpha value is 0.00688. The molecule has 0 aliphatic carbocycles. The number of hydrogen-bond donors (Lipinski definition) is 0. The fraction of sp³-hybridized carbons (Fsp3) is 1.00. The monoisotopic (exact) mass is 254 g/mol. The maximum Gasteiger partial charge on any atom is 0.616 e. The van der Waals surface area contributed by atoms with Gasteiger partial charge in [0.15, 0.2) is 0 Å². The molecule has 0 N–H and O–H groups in total. The molecule has 16 heavy (non-hydrogen) atoms. The van der Waals surface area contributed by atoms with E-state index in [0.29, 0.717) is 6.42 Å². The molecular formula is C12H25F3Si. The largest absolute Gasteiger partial charge is 0.616 e. The van der Waals surface area contributed by atoms with Crippen LogP contribution < -0.4 is 0 Å². The van der Waals surface area contributed by atoms with E-state index in [1.165, 1.54) is 38.5 Å². The lowest BCUT2D eigenvalue weighted by Crippen LogP contribution is -2.13. The van der Waals surface area contributed by atoms with Crippen LogP contribution in [0.2, 0.25) is 6.04 Å². The number of halogens is 3. The summed E-state index contributed by atoms with van der Waals surface area (Å²) in [6.45, 7) is 2.20. The van der Waals surface area contributed by atoms with Gasteiger partial charge in [-0.25, -0.2) is 12.3 Å². The molecule has 0 amide bonds. The van der Waals surface area contributed by atoms with E-state index < -0.39 is 15.1 Å². The average molecular weight is 254 g/mol. The van der Waals surface area contributed by atoms with Crippen molar-refractivity contribution >= 4 is 9.08 Å². The molecule has 4 heteroatoms. The van der Waals surface area contributed by atoms with Crippen molar-refractivity contribution in [2.75, 3.05) is 0 Å². The molecule has 0 aliphatic heterocycles. The van der Waals surface area contributed by atoms with Crippen molar-refractivity contribution in [3.05, 3.63) is 0 Å². The summed E-state index contributed by atoms with van der Waals surface area (Å²) in [5.74, 6) is 0. The van der Waals surface area contributed by atoms with E-state index in [1.807, 2.05) is 0 Å². The minimum atomic E-state index is -5.25. The zero-order valence-electron chi connectivity index (χ0n) is 10.4. The highest BCUT2D eigenvalue weighted by Gasteiger charge is 2.35. The fourth-order valence-corrected chi connectivity index (χ4v) is 2.46. The van der Waals surface area contributed by atoms with Crippen LogP contribution in [0.1, 0.15) is 71.1 Å². The Bertz CT molecular complexity index is 146. The summed E-state index contributed by atoms with van der Waals surface area (Å²) in [5, 5.41) is 0. The van der Waals surface area contributed by atoms with Crippen molar-refractivity contribution in [3.63, 3.8) is 0 Å². The third kappa shape index (κ3) is 14.0. The lowest BCUT2D eigenvalue weighted by atomic mass is 10.1. The highest BCUT2D eigenvalue weighted by molar-refractivity contribution is 6.58. The average Bonchev–Trinajstić information content (AvgIpc) is 2.19. The first-order valence-electron chi connectivity index (χ1n) is 6.63. The molecule has 0 radical (unpaired) electrons. The van der Waals surface area contributed by atoms with Gasteiger partial charge >= 0.3 is 9.08 Å². The first kappa shape index (κ1) is 16.0. The van der Waals surface area contributed by atoms with E-state index in [-0.39, 0.29) is 0 Å². The quantitative estimate of drug-likeness (QED) is 0.250. The highest BCUT2D eigenvalue weighted by Crippen LogP contribution is 2.19. The minimum Gasteiger partial charge on any atom is -0.238 e. The maximum absolute atomic E-state index is 11.9. The summed E-state index contributed by atoms with van der Waals surface area (Å²) >= 11 is 0. The van der Waals surface area contributed by atoms with Crippen molar-refractivity contribution < 1.29 is 12.3 Å². The Labute approximate surface area is 99.2 Å². The van der Waals surface area contributed by atoms with Crippen LogP contribution in [0.3, 0.4) is 0 Å². The van der Waals surface area contributed by atoms with Crippen LogP contribution in [0.4, 0.5) is 12.3 Å². The Kier molecular flexibility index (Phi) is 10.2.